The van der Waals surface area contributed by atoms with E-state index in [2.05, 4.69) is 21.7 Å². The summed E-state index contributed by atoms with van der Waals surface area (Å²) in [6.07, 6.45) is 2.60. The van der Waals surface area contributed by atoms with E-state index in [0.717, 1.165) is 6.21 Å². The Morgan fingerprint density at radius 3 is 3.11 bits per heavy atom. The third-order valence-electron chi connectivity index (χ3n) is 0.942. The van der Waals surface area contributed by atoms with Crippen LogP contribution in [0.25, 0.3) is 0 Å². The number of aromatic amines is 1. The first-order valence-electron chi connectivity index (χ1n) is 2.39. The van der Waals surface area contributed by atoms with Crippen molar-refractivity contribution in [1.29, 1.82) is 5.41 Å². The summed E-state index contributed by atoms with van der Waals surface area (Å²) < 4.78 is 0. The lowest BCUT2D eigenvalue weighted by Crippen LogP contribution is -1.76. The molecule has 4 heteroatoms. The second-order valence-corrected chi connectivity index (χ2v) is 1.44. The highest BCUT2D eigenvalue weighted by Crippen LogP contribution is 2.08. The summed E-state index contributed by atoms with van der Waals surface area (Å²) in [6, 6.07) is 0. The second kappa shape index (κ2) is 2.21. The van der Waals surface area contributed by atoms with Gasteiger partial charge in [0.25, 0.3) is 0 Å². The topological polar surface area (TPSA) is 64.9 Å². The third kappa shape index (κ3) is 0.861. The molecule has 0 unspecified atom stereocenters. The van der Waals surface area contributed by atoms with Crippen molar-refractivity contribution in [2.24, 2.45) is 4.99 Å². The Bertz CT molecular complexity index is 202. The smallest absolute Gasteiger partial charge is 0.158 e. The lowest BCUT2D eigenvalue weighted by molar-refractivity contribution is 1.30. The van der Waals surface area contributed by atoms with Gasteiger partial charge >= 0.3 is 0 Å². The molecule has 1 aromatic rings. The van der Waals surface area contributed by atoms with Crippen LogP contribution < -0.4 is 0 Å². The molecule has 1 rings (SSSR count). The molecule has 2 N–H and O–H groups in total. The predicted molar refractivity (Wildman–Crippen MR) is 35.7 cm³/mol. The standard InChI is InChI=1S/C5H6N4/c1-7-5-4(2-6)8-3-9-5/h2-3,6H,1H2,(H,8,9). The molecule has 1 heterocycles. The monoisotopic (exact) mass is 122 g/mol. The Balaban J connectivity index is 3.12. The Labute approximate surface area is 52.2 Å². The van der Waals surface area contributed by atoms with Crippen molar-refractivity contribution >= 4 is 18.7 Å². The van der Waals surface area contributed by atoms with E-state index in [1.807, 2.05) is 0 Å². The molecule has 4 nitrogen and oxygen atoms in total. The van der Waals surface area contributed by atoms with E-state index in [1.54, 1.807) is 0 Å². The SMILES string of the molecule is C=Nc1[nH]cnc1C=N. The first kappa shape index (κ1) is 5.68. The van der Waals surface area contributed by atoms with Gasteiger partial charge in [-0.3, -0.25) is 0 Å². The zero-order valence-corrected chi connectivity index (χ0v) is 4.76. The van der Waals surface area contributed by atoms with Gasteiger partial charge in [-0.2, -0.15) is 0 Å². The minimum Gasteiger partial charge on any atom is -0.329 e. The number of nitrogens with one attached hydrogen (secondary N) is 2. The highest BCUT2D eigenvalue weighted by atomic mass is 15.0. The number of imidazole rings is 1. The maximum Gasteiger partial charge on any atom is 0.158 e. The lowest BCUT2D eigenvalue weighted by atomic mass is 10.5. The number of hydrogen-bond acceptors (Lipinski definition) is 3. The molecule has 0 bridgehead atoms. The highest BCUT2D eigenvalue weighted by Gasteiger charge is 1.96. The van der Waals surface area contributed by atoms with Gasteiger partial charge in [-0.25, -0.2) is 9.98 Å². The molecule has 0 fully saturated rings. The first-order chi connectivity index (χ1) is 4.38. The van der Waals surface area contributed by atoms with Gasteiger partial charge in [-0.05, 0) is 6.72 Å². The van der Waals surface area contributed by atoms with E-state index >= 15 is 0 Å². The van der Waals surface area contributed by atoms with Crippen LogP contribution in [0.4, 0.5) is 5.82 Å². The Morgan fingerprint density at radius 2 is 2.67 bits per heavy atom. The van der Waals surface area contributed by atoms with Crippen LogP contribution in [0.3, 0.4) is 0 Å². The third-order valence-corrected chi connectivity index (χ3v) is 0.942. The van der Waals surface area contributed by atoms with Crippen LogP contribution in [0, 0.1) is 5.41 Å². The maximum atomic E-state index is 6.81. The zero-order valence-electron chi connectivity index (χ0n) is 4.76. The van der Waals surface area contributed by atoms with Gasteiger partial charge in [0, 0.05) is 6.21 Å². The molecule has 0 amide bonds. The Hall–Kier alpha value is -1.45. The van der Waals surface area contributed by atoms with Crippen molar-refractivity contribution in [1.82, 2.24) is 9.97 Å². The molecule has 0 aliphatic heterocycles. The van der Waals surface area contributed by atoms with E-state index in [4.69, 9.17) is 5.41 Å². The molecular formula is C5H6N4. The zero-order chi connectivity index (χ0) is 6.69. The van der Waals surface area contributed by atoms with E-state index in [-0.39, 0.29) is 0 Å². The summed E-state index contributed by atoms with van der Waals surface area (Å²) in [5.74, 6) is 0.546. The van der Waals surface area contributed by atoms with E-state index in [9.17, 15) is 0 Å². The van der Waals surface area contributed by atoms with Gasteiger partial charge < -0.3 is 10.4 Å². The van der Waals surface area contributed by atoms with Crippen molar-refractivity contribution < 1.29 is 0 Å². The summed E-state index contributed by atoms with van der Waals surface area (Å²) >= 11 is 0. The van der Waals surface area contributed by atoms with Gasteiger partial charge in [0.1, 0.15) is 5.69 Å². The molecule has 46 valence electrons. The largest absolute Gasteiger partial charge is 0.329 e. The minimum atomic E-state index is 0.519. The van der Waals surface area contributed by atoms with Crippen molar-refractivity contribution in [3.05, 3.63) is 12.0 Å². The van der Waals surface area contributed by atoms with Crippen LogP contribution in [0.5, 0.6) is 0 Å². The normalized spacial score (nSPS) is 8.89. The summed E-state index contributed by atoms with van der Waals surface area (Å²) in [7, 11) is 0. The predicted octanol–water partition coefficient (Wildman–Crippen LogP) is 0.739. The Morgan fingerprint density at radius 1 is 1.89 bits per heavy atom. The van der Waals surface area contributed by atoms with Gasteiger partial charge in [-0.1, -0.05) is 0 Å². The maximum absolute atomic E-state index is 6.81. The molecule has 0 radical (unpaired) electrons. The molecule has 0 aliphatic rings. The fraction of sp³-hybridized carbons (Fsp3) is 0. The van der Waals surface area contributed by atoms with Crippen molar-refractivity contribution in [3.8, 4) is 0 Å². The molecule has 0 aliphatic carbocycles. The van der Waals surface area contributed by atoms with E-state index in [1.165, 1.54) is 6.33 Å². The number of aromatic nitrogens is 2. The minimum absolute atomic E-state index is 0.519. The van der Waals surface area contributed by atoms with Gasteiger partial charge in [0.15, 0.2) is 5.82 Å². The van der Waals surface area contributed by atoms with Crippen LogP contribution in [0.1, 0.15) is 5.69 Å². The van der Waals surface area contributed by atoms with Crippen molar-refractivity contribution in [3.63, 3.8) is 0 Å². The molecule has 0 spiro atoms. The Kier molecular flexibility index (Phi) is 1.40. The second-order valence-electron chi connectivity index (χ2n) is 1.44. The number of rotatable bonds is 2. The molecule has 0 aromatic carbocycles. The first-order valence-corrected chi connectivity index (χ1v) is 2.39. The molecule has 0 saturated carbocycles. The van der Waals surface area contributed by atoms with Gasteiger partial charge in [0.2, 0.25) is 0 Å². The fourth-order valence-electron chi connectivity index (χ4n) is 0.530. The fourth-order valence-corrected chi connectivity index (χ4v) is 0.530. The van der Waals surface area contributed by atoms with Crippen LogP contribution in [0.2, 0.25) is 0 Å². The number of H-pyrrole nitrogens is 1. The number of hydrogen-bond donors (Lipinski definition) is 2. The van der Waals surface area contributed by atoms with Crippen molar-refractivity contribution in [2.45, 2.75) is 0 Å². The average molecular weight is 122 g/mol. The van der Waals surface area contributed by atoms with Crippen LogP contribution in [-0.4, -0.2) is 22.9 Å². The summed E-state index contributed by atoms with van der Waals surface area (Å²) in [6.45, 7) is 3.29. The summed E-state index contributed by atoms with van der Waals surface area (Å²) in [4.78, 5) is 10.1. The quantitative estimate of drug-likeness (QED) is 0.558. The van der Waals surface area contributed by atoms with Crippen LogP contribution in [0.15, 0.2) is 11.3 Å². The molecular weight excluding hydrogens is 116 g/mol. The number of nitrogens with zero attached hydrogens (tertiary/aromatic N) is 2. The molecule has 9 heavy (non-hydrogen) atoms. The van der Waals surface area contributed by atoms with E-state index in [0.29, 0.717) is 11.5 Å². The summed E-state index contributed by atoms with van der Waals surface area (Å²) in [5.41, 5.74) is 0.519. The molecule has 0 saturated heterocycles. The molecule has 0 atom stereocenters. The average Bonchev–Trinajstić information content (AvgIpc) is 2.33. The lowest BCUT2D eigenvalue weighted by Gasteiger charge is -1.82. The van der Waals surface area contributed by atoms with Gasteiger partial charge in [-0.15, -0.1) is 0 Å². The van der Waals surface area contributed by atoms with Gasteiger partial charge in [0.05, 0.1) is 6.33 Å². The van der Waals surface area contributed by atoms with Crippen LogP contribution >= 0.6 is 0 Å². The highest BCUT2D eigenvalue weighted by molar-refractivity contribution is 5.80. The summed E-state index contributed by atoms with van der Waals surface area (Å²) in [5, 5.41) is 6.81. The van der Waals surface area contributed by atoms with Crippen molar-refractivity contribution in [2.75, 3.05) is 0 Å². The van der Waals surface area contributed by atoms with Crippen LogP contribution in [-0.2, 0) is 0 Å². The molecule has 1 aromatic heterocycles. The number of aliphatic imine (C=N–C) groups is 1. The van der Waals surface area contributed by atoms with E-state index < -0.39 is 0 Å².